The highest BCUT2D eigenvalue weighted by atomic mass is 16.5. The van der Waals surface area contributed by atoms with Crippen LogP contribution in [0.5, 0.6) is 0 Å². The first-order valence-corrected chi connectivity index (χ1v) is 7.73. The Morgan fingerprint density at radius 3 is 2.43 bits per heavy atom. The first-order valence-electron chi connectivity index (χ1n) is 7.73. The molecule has 0 aromatic rings. The van der Waals surface area contributed by atoms with Crippen molar-refractivity contribution in [2.24, 2.45) is 5.92 Å². The minimum atomic E-state index is -0.928. The van der Waals surface area contributed by atoms with Crippen LogP contribution >= 0.6 is 0 Å². The lowest BCUT2D eigenvalue weighted by Gasteiger charge is -2.34. The summed E-state index contributed by atoms with van der Waals surface area (Å²) in [5.74, 6) is -0.131. The normalized spacial score (nSPS) is 23.4. The van der Waals surface area contributed by atoms with Crippen LogP contribution in [0.15, 0.2) is 0 Å². The van der Waals surface area contributed by atoms with Crippen LogP contribution in [0.25, 0.3) is 0 Å². The highest BCUT2D eigenvalue weighted by Crippen LogP contribution is 2.28. The number of rotatable bonds is 7. The molecule has 0 heterocycles. The molecule has 1 aliphatic carbocycles. The van der Waals surface area contributed by atoms with Crippen molar-refractivity contribution in [1.29, 1.82) is 0 Å². The van der Waals surface area contributed by atoms with Crippen LogP contribution in [-0.4, -0.2) is 54.9 Å². The molecular formula is C15H28N2O4. The Bertz CT molecular complexity index is 341. The Morgan fingerprint density at radius 2 is 1.95 bits per heavy atom. The molecule has 1 rings (SSSR count). The van der Waals surface area contributed by atoms with Gasteiger partial charge in [0.1, 0.15) is 0 Å². The molecule has 1 fully saturated rings. The summed E-state index contributed by atoms with van der Waals surface area (Å²) in [5, 5.41) is 11.5. The maximum absolute atomic E-state index is 12.1. The third kappa shape index (κ3) is 5.91. The van der Waals surface area contributed by atoms with E-state index in [1.165, 1.54) is 26.4 Å². The van der Waals surface area contributed by atoms with Crippen molar-refractivity contribution < 1.29 is 19.4 Å². The minimum Gasteiger partial charge on any atom is -0.481 e. The van der Waals surface area contributed by atoms with Gasteiger partial charge in [-0.1, -0.05) is 13.3 Å². The molecule has 122 valence electrons. The van der Waals surface area contributed by atoms with Crippen molar-refractivity contribution >= 4 is 12.0 Å². The molecule has 2 N–H and O–H groups in total. The first kappa shape index (κ1) is 17.8. The number of aliphatic carboxylic acids is 1. The summed E-state index contributed by atoms with van der Waals surface area (Å²) in [6.45, 7) is 2.44. The van der Waals surface area contributed by atoms with Crippen molar-refractivity contribution in [3.05, 3.63) is 0 Å². The number of ether oxygens (including phenoxy) is 1. The summed E-state index contributed by atoms with van der Waals surface area (Å²) in [5.41, 5.74) is 0. The standard InChI is InChI=1S/C15H28N2O4/c1-4-11-5-7-12(8-6-11)17(2)15(20)16-10-13(21-3)9-14(18)19/h11-13H,4-10H2,1-3H3,(H,16,20)(H,18,19). The molecule has 0 radical (unpaired) electrons. The quantitative estimate of drug-likeness (QED) is 0.754. The molecule has 21 heavy (non-hydrogen) atoms. The van der Waals surface area contributed by atoms with Gasteiger partial charge < -0.3 is 20.1 Å². The number of hydrogen-bond donors (Lipinski definition) is 2. The average molecular weight is 300 g/mol. The number of hydrogen-bond acceptors (Lipinski definition) is 3. The van der Waals surface area contributed by atoms with Crippen molar-refractivity contribution in [2.45, 2.75) is 57.6 Å². The fraction of sp³-hybridized carbons (Fsp3) is 0.867. The van der Waals surface area contributed by atoms with E-state index in [1.54, 1.807) is 4.90 Å². The van der Waals surface area contributed by atoms with E-state index in [4.69, 9.17) is 9.84 Å². The van der Waals surface area contributed by atoms with Gasteiger partial charge in [-0.25, -0.2) is 4.79 Å². The number of urea groups is 1. The Hall–Kier alpha value is -1.30. The molecule has 0 aromatic heterocycles. The van der Waals surface area contributed by atoms with Gasteiger partial charge in [0.25, 0.3) is 0 Å². The molecule has 6 nitrogen and oxygen atoms in total. The smallest absolute Gasteiger partial charge is 0.317 e. The zero-order chi connectivity index (χ0) is 15.8. The lowest BCUT2D eigenvalue weighted by atomic mass is 9.84. The maximum Gasteiger partial charge on any atom is 0.317 e. The number of amides is 2. The summed E-state index contributed by atoms with van der Waals surface area (Å²) in [4.78, 5) is 24.5. The van der Waals surface area contributed by atoms with Gasteiger partial charge in [-0.15, -0.1) is 0 Å². The van der Waals surface area contributed by atoms with E-state index in [0.29, 0.717) is 0 Å². The number of nitrogens with one attached hydrogen (secondary N) is 1. The van der Waals surface area contributed by atoms with E-state index < -0.39 is 12.1 Å². The van der Waals surface area contributed by atoms with E-state index >= 15 is 0 Å². The lowest BCUT2D eigenvalue weighted by Crippen LogP contribution is -2.47. The number of carbonyl (C=O) groups is 2. The molecule has 1 atom stereocenters. The Balaban J connectivity index is 2.35. The SMILES string of the molecule is CCC1CCC(N(C)C(=O)NCC(CC(=O)O)OC)CC1. The van der Waals surface area contributed by atoms with Crippen LogP contribution in [0.4, 0.5) is 4.79 Å². The predicted molar refractivity (Wildman–Crippen MR) is 80.2 cm³/mol. The molecule has 0 bridgehead atoms. The first-order chi connectivity index (χ1) is 9.97. The summed E-state index contributed by atoms with van der Waals surface area (Å²) in [6, 6.07) is 0.135. The van der Waals surface area contributed by atoms with Gasteiger partial charge in [-0.3, -0.25) is 4.79 Å². The molecule has 1 unspecified atom stereocenters. The molecular weight excluding hydrogens is 272 g/mol. The van der Waals surface area contributed by atoms with Crippen LogP contribution in [0.2, 0.25) is 0 Å². The summed E-state index contributed by atoms with van der Waals surface area (Å²) >= 11 is 0. The number of carboxylic acid groups (broad SMARTS) is 1. The van der Waals surface area contributed by atoms with Gasteiger partial charge in [0.2, 0.25) is 0 Å². The van der Waals surface area contributed by atoms with E-state index in [9.17, 15) is 9.59 Å². The molecule has 0 aliphatic heterocycles. The molecule has 0 spiro atoms. The van der Waals surface area contributed by atoms with Crippen LogP contribution in [0, 0.1) is 5.92 Å². The van der Waals surface area contributed by atoms with Crippen molar-refractivity contribution in [1.82, 2.24) is 10.2 Å². The topological polar surface area (TPSA) is 78.9 Å². The summed E-state index contributed by atoms with van der Waals surface area (Å²) in [6.07, 6.45) is 5.07. The third-order valence-corrected chi connectivity index (χ3v) is 4.48. The number of carboxylic acids is 1. The van der Waals surface area contributed by atoms with Crippen LogP contribution in [0.1, 0.15) is 45.4 Å². The van der Waals surface area contributed by atoms with Gasteiger partial charge >= 0.3 is 12.0 Å². The van der Waals surface area contributed by atoms with Gasteiger partial charge in [-0.2, -0.15) is 0 Å². The number of methoxy groups -OCH3 is 1. The van der Waals surface area contributed by atoms with Crippen LogP contribution in [-0.2, 0) is 9.53 Å². The van der Waals surface area contributed by atoms with Crippen molar-refractivity contribution in [2.75, 3.05) is 20.7 Å². The molecule has 0 aromatic carbocycles. The zero-order valence-electron chi connectivity index (χ0n) is 13.3. The number of nitrogens with zero attached hydrogens (tertiary/aromatic N) is 1. The second kappa shape index (κ2) is 8.87. The van der Waals surface area contributed by atoms with E-state index in [1.807, 2.05) is 7.05 Å². The highest BCUT2D eigenvalue weighted by molar-refractivity contribution is 5.74. The number of carbonyl (C=O) groups excluding carboxylic acids is 1. The van der Waals surface area contributed by atoms with Crippen molar-refractivity contribution in [3.8, 4) is 0 Å². The molecule has 2 amide bonds. The minimum absolute atomic E-state index is 0.109. The van der Waals surface area contributed by atoms with E-state index in [2.05, 4.69) is 12.2 Å². The second-order valence-corrected chi connectivity index (χ2v) is 5.84. The largest absolute Gasteiger partial charge is 0.481 e. The zero-order valence-corrected chi connectivity index (χ0v) is 13.3. The third-order valence-electron chi connectivity index (χ3n) is 4.48. The van der Waals surface area contributed by atoms with Gasteiger partial charge in [0.15, 0.2) is 0 Å². The summed E-state index contributed by atoms with van der Waals surface area (Å²) in [7, 11) is 3.26. The highest BCUT2D eigenvalue weighted by Gasteiger charge is 2.26. The van der Waals surface area contributed by atoms with E-state index in [0.717, 1.165) is 18.8 Å². The molecule has 0 saturated heterocycles. The monoisotopic (exact) mass is 300 g/mol. The van der Waals surface area contributed by atoms with Gasteiger partial charge in [0, 0.05) is 26.7 Å². The van der Waals surface area contributed by atoms with Gasteiger partial charge in [-0.05, 0) is 31.6 Å². The van der Waals surface area contributed by atoms with Crippen LogP contribution in [0.3, 0.4) is 0 Å². The lowest BCUT2D eigenvalue weighted by molar-refractivity contribution is -0.139. The maximum atomic E-state index is 12.1. The Kier molecular flexibility index (Phi) is 7.50. The van der Waals surface area contributed by atoms with Crippen LogP contribution < -0.4 is 5.32 Å². The average Bonchev–Trinajstić information content (AvgIpc) is 2.50. The second-order valence-electron chi connectivity index (χ2n) is 5.84. The predicted octanol–water partition coefficient (Wildman–Crippen LogP) is 2.09. The summed E-state index contributed by atoms with van der Waals surface area (Å²) < 4.78 is 5.05. The van der Waals surface area contributed by atoms with Gasteiger partial charge in [0.05, 0.1) is 12.5 Å². The Morgan fingerprint density at radius 1 is 1.33 bits per heavy atom. The molecule has 6 heteroatoms. The molecule has 1 aliphatic rings. The van der Waals surface area contributed by atoms with E-state index in [-0.39, 0.29) is 25.0 Å². The molecule has 1 saturated carbocycles. The van der Waals surface area contributed by atoms with Crippen molar-refractivity contribution in [3.63, 3.8) is 0 Å². The fourth-order valence-electron chi connectivity index (χ4n) is 2.87. The fourth-order valence-corrected chi connectivity index (χ4v) is 2.87. The Labute approximate surface area is 126 Å².